The van der Waals surface area contributed by atoms with E-state index in [0.717, 1.165) is 36.7 Å². The summed E-state index contributed by atoms with van der Waals surface area (Å²) in [5.41, 5.74) is 1.03. The molecule has 0 amide bonds. The Labute approximate surface area is 130 Å². The van der Waals surface area contributed by atoms with Crippen LogP contribution >= 0.6 is 0 Å². The molecule has 3 heterocycles. The second kappa shape index (κ2) is 6.13. The number of hydrogen-bond donors (Lipinski definition) is 0. The first-order valence-electron chi connectivity index (χ1n) is 7.31. The molecule has 0 aromatic carbocycles. The van der Waals surface area contributed by atoms with Crippen molar-refractivity contribution in [3.8, 4) is 6.01 Å². The van der Waals surface area contributed by atoms with E-state index in [1.807, 2.05) is 32.0 Å². The van der Waals surface area contributed by atoms with Crippen molar-refractivity contribution < 1.29 is 4.74 Å². The lowest BCUT2D eigenvalue weighted by Gasteiger charge is -2.19. The summed E-state index contributed by atoms with van der Waals surface area (Å²) in [4.78, 5) is 21.2. The van der Waals surface area contributed by atoms with Crippen molar-refractivity contribution in [1.82, 2.24) is 19.9 Å². The smallest absolute Gasteiger partial charge is 0.316 e. The quantitative estimate of drug-likeness (QED) is 0.843. The molecule has 1 saturated heterocycles. The van der Waals surface area contributed by atoms with Crippen molar-refractivity contribution in [2.75, 3.05) is 37.0 Å². The van der Waals surface area contributed by atoms with Gasteiger partial charge in [-0.3, -0.25) is 0 Å². The van der Waals surface area contributed by atoms with E-state index in [-0.39, 0.29) is 6.10 Å². The number of aromatic nitrogens is 4. The van der Waals surface area contributed by atoms with Gasteiger partial charge in [0, 0.05) is 45.5 Å². The Morgan fingerprint density at radius 3 is 2.68 bits per heavy atom. The fourth-order valence-corrected chi connectivity index (χ4v) is 2.38. The summed E-state index contributed by atoms with van der Waals surface area (Å²) in [5.74, 6) is 1.82. The molecular weight excluding hydrogens is 280 g/mol. The van der Waals surface area contributed by atoms with Gasteiger partial charge in [-0.1, -0.05) is 0 Å². The summed E-state index contributed by atoms with van der Waals surface area (Å²) in [6.07, 6.45) is 6.15. The average molecular weight is 300 g/mol. The third-order valence-electron chi connectivity index (χ3n) is 3.59. The van der Waals surface area contributed by atoms with Crippen LogP contribution in [-0.2, 0) is 0 Å². The minimum absolute atomic E-state index is 0.0838. The van der Waals surface area contributed by atoms with Gasteiger partial charge in [-0.2, -0.15) is 0 Å². The van der Waals surface area contributed by atoms with E-state index in [1.54, 1.807) is 18.7 Å². The Hall–Kier alpha value is -2.44. The minimum atomic E-state index is 0.0838. The highest BCUT2D eigenvalue weighted by Crippen LogP contribution is 2.22. The normalized spacial score (nSPS) is 17.6. The Morgan fingerprint density at radius 2 is 1.95 bits per heavy atom. The van der Waals surface area contributed by atoms with Crippen molar-refractivity contribution in [2.45, 2.75) is 19.4 Å². The molecule has 1 unspecified atom stereocenters. The van der Waals surface area contributed by atoms with Crippen molar-refractivity contribution in [1.29, 1.82) is 0 Å². The third-order valence-corrected chi connectivity index (χ3v) is 3.59. The second-order valence-electron chi connectivity index (χ2n) is 5.65. The third kappa shape index (κ3) is 3.24. The Bertz CT molecular complexity index is 630. The summed E-state index contributed by atoms with van der Waals surface area (Å²) < 4.78 is 5.84. The molecule has 0 N–H and O–H groups in total. The molecule has 1 fully saturated rings. The lowest BCUT2D eigenvalue weighted by atomic mass is 10.3. The molecule has 0 bridgehead atoms. The zero-order valence-electron chi connectivity index (χ0n) is 13.1. The SMILES string of the molecule is Cc1cnc(OC2CCN(c3cc(N(C)C)ncn3)C2)nc1. The lowest BCUT2D eigenvalue weighted by Crippen LogP contribution is -2.26. The summed E-state index contributed by atoms with van der Waals surface area (Å²) in [6, 6.07) is 2.43. The molecule has 0 saturated carbocycles. The lowest BCUT2D eigenvalue weighted by molar-refractivity contribution is 0.206. The van der Waals surface area contributed by atoms with E-state index < -0.39 is 0 Å². The molecule has 2 aromatic heterocycles. The molecule has 116 valence electrons. The van der Waals surface area contributed by atoms with Crippen molar-refractivity contribution in [2.24, 2.45) is 0 Å². The number of anilines is 2. The van der Waals surface area contributed by atoms with Crippen LogP contribution in [0, 0.1) is 6.92 Å². The largest absolute Gasteiger partial charge is 0.458 e. The molecule has 22 heavy (non-hydrogen) atoms. The van der Waals surface area contributed by atoms with Gasteiger partial charge in [-0.25, -0.2) is 19.9 Å². The zero-order chi connectivity index (χ0) is 15.5. The number of rotatable bonds is 4. The summed E-state index contributed by atoms with van der Waals surface area (Å²) in [5, 5.41) is 0. The minimum Gasteiger partial charge on any atom is -0.458 e. The second-order valence-corrected chi connectivity index (χ2v) is 5.65. The van der Waals surface area contributed by atoms with Gasteiger partial charge in [0.1, 0.15) is 24.1 Å². The van der Waals surface area contributed by atoms with E-state index in [4.69, 9.17) is 4.74 Å². The van der Waals surface area contributed by atoms with Crippen LogP contribution in [-0.4, -0.2) is 53.2 Å². The first-order chi connectivity index (χ1) is 10.6. The highest BCUT2D eigenvalue weighted by Gasteiger charge is 2.26. The van der Waals surface area contributed by atoms with E-state index in [0.29, 0.717) is 6.01 Å². The van der Waals surface area contributed by atoms with Crippen LogP contribution in [0.3, 0.4) is 0 Å². The van der Waals surface area contributed by atoms with Gasteiger partial charge in [0.15, 0.2) is 0 Å². The molecule has 1 aliphatic heterocycles. The summed E-state index contributed by atoms with van der Waals surface area (Å²) >= 11 is 0. The van der Waals surface area contributed by atoms with Gasteiger partial charge in [-0.05, 0) is 12.5 Å². The highest BCUT2D eigenvalue weighted by atomic mass is 16.5. The first-order valence-corrected chi connectivity index (χ1v) is 7.31. The maximum Gasteiger partial charge on any atom is 0.316 e. The van der Waals surface area contributed by atoms with Gasteiger partial charge in [-0.15, -0.1) is 0 Å². The van der Waals surface area contributed by atoms with Crippen LogP contribution in [0.4, 0.5) is 11.6 Å². The highest BCUT2D eigenvalue weighted by molar-refractivity contribution is 5.50. The predicted octanol–water partition coefficient (Wildman–Crippen LogP) is 1.30. The molecule has 2 aromatic rings. The van der Waals surface area contributed by atoms with Crippen LogP contribution in [0.5, 0.6) is 6.01 Å². The maximum atomic E-state index is 5.84. The van der Waals surface area contributed by atoms with Crippen LogP contribution in [0.2, 0.25) is 0 Å². The fourth-order valence-electron chi connectivity index (χ4n) is 2.38. The van der Waals surface area contributed by atoms with Crippen LogP contribution in [0.15, 0.2) is 24.8 Å². The Morgan fingerprint density at radius 1 is 1.18 bits per heavy atom. The van der Waals surface area contributed by atoms with Crippen molar-refractivity contribution in [3.05, 3.63) is 30.4 Å². The molecule has 0 spiro atoms. The van der Waals surface area contributed by atoms with Crippen LogP contribution in [0.25, 0.3) is 0 Å². The Kier molecular flexibility index (Phi) is 4.04. The number of hydrogen-bond acceptors (Lipinski definition) is 7. The molecule has 0 aliphatic carbocycles. The van der Waals surface area contributed by atoms with E-state index in [9.17, 15) is 0 Å². The fraction of sp³-hybridized carbons (Fsp3) is 0.467. The first kappa shape index (κ1) is 14.5. The van der Waals surface area contributed by atoms with Crippen LogP contribution in [0.1, 0.15) is 12.0 Å². The zero-order valence-corrected chi connectivity index (χ0v) is 13.1. The number of ether oxygens (including phenoxy) is 1. The predicted molar refractivity (Wildman–Crippen MR) is 84.4 cm³/mol. The standard InChI is InChI=1S/C15H20N6O/c1-11-7-16-15(17-8-11)22-12-4-5-21(9-12)14-6-13(20(2)3)18-10-19-14/h6-8,10,12H,4-5,9H2,1-3H3. The molecule has 7 heteroatoms. The summed E-state index contributed by atoms with van der Waals surface area (Å²) in [6.45, 7) is 3.64. The Balaban J connectivity index is 1.64. The van der Waals surface area contributed by atoms with E-state index in [2.05, 4.69) is 24.8 Å². The molecule has 7 nitrogen and oxygen atoms in total. The summed E-state index contributed by atoms with van der Waals surface area (Å²) in [7, 11) is 3.94. The average Bonchev–Trinajstić information content (AvgIpc) is 2.98. The van der Waals surface area contributed by atoms with Gasteiger partial charge in [0.05, 0.1) is 6.54 Å². The topological polar surface area (TPSA) is 67.3 Å². The van der Waals surface area contributed by atoms with E-state index >= 15 is 0 Å². The molecule has 1 atom stereocenters. The van der Waals surface area contributed by atoms with Crippen LogP contribution < -0.4 is 14.5 Å². The van der Waals surface area contributed by atoms with Crippen molar-refractivity contribution in [3.63, 3.8) is 0 Å². The molecule has 3 rings (SSSR count). The van der Waals surface area contributed by atoms with Gasteiger partial charge >= 0.3 is 6.01 Å². The van der Waals surface area contributed by atoms with Gasteiger partial charge in [0.25, 0.3) is 0 Å². The maximum absolute atomic E-state index is 5.84. The van der Waals surface area contributed by atoms with Gasteiger partial charge < -0.3 is 14.5 Å². The van der Waals surface area contributed by atoms with Gasteiger partial charge in [0.2, 0.25) is 0 Å². The molecular formula is C15H20N6O. The van der Waals surface area contributed by atoms with Crippen molar-refractivity contribution >= 4 is 11.6 Å². The van der Waals surface area contributed by atoms with E-state index in [1.165, 1.54) is 0 Å². The number of aryl methyl sites for hydroxylation is 1. The molecule has 1 aliphatic rings. The monoisotopic (exact) mass is 300 g/mol. The number of nitrogens with zero attached hydrogens (tertiary/aromatic N) is 6. The molecule has 0 radical (unpaired) electrons.